The standard InChI is InChI=1S/C18H25N3O4/c1-18(2,3)25-17(24)20-12-8-13-5-6-14(9-12)21(13)15-7-4-11(10-19-15)16(22)23/h4,7,10,12-14H,5-6,8-9H2,1-3H3,(H,20,24)(H,22,23)/t12?,13-,14+. The largest absolute Gasteiger partial charge is 0.478 e. The number of alkyl carbamates (subject to hydrolysis) is 1. The first-order valence-corrected chi connectivity index (χ1v) is 8.70. The average molecular weight is 347 g/mol. The van der Waals surface area contributed by atoms with Crippen molar-refractivity contribution in [3.63, 3.8) is 0 Å². The number of hydrogen-bond acceptors (Lipinski definition) is 5. The lowest BCUT2D eigenvalue weighted by atomic mass is 9.97. The molecule has 3 heterocycles. The lowest BCUT2D eigenvalue weighted by Crippen LogP contribution is -2.51. The van der Waals surface area contributed by atoms with Crippen molar-refractivity contribution in [1.82, 2.24) is 10.3 Å². The lowest BCUT2D eigenvalue weighted by Gasteiger charge is -2.40. The normalized spacial score (nSPS) is 25.6. The van der Waals surface area contributed by atoms with Crippen molar-refractivity contribution < 1.29 is 19.4 Å². The predicted molar refractivity (Wildman–Crippen MR) is 92.9 cm³/mol. The van der Waals surface area contributed by atoms with Gasteiger partial charge in [0.25, 0.3) is 0 Å². The van der Waals surface area contributed by atoms with Crippen LogP contribution in [0.1, 0.15) is 56.8 Å². The van der Waals surface area contributed by atoms with Gasteiger partial charge in [0.2, 0.25) is 0 Å². The van der Waals surface area contributed by atoms with E-state index in [1.807, 2.05) is 20.8 Å². The van der Waals surface area contributed by atoms with Gasteiger partial charge in [-0.15, -0.1) is 0 Å². The molecule has 0 aliphatic carbocycles. The maximum Gasteiger partial charge on any atom is 0.407 e. The molecule has 25 heavy (non-hydrogen) atoms. The summed E-state index contributed by atoms with van der Waals surface area (Å²) in [6.07, 6.45) is 4.84. The zero-order chi connectivity index (χ0) is 18.2. The Balaban J connectivity index is 1.64. The highest BCUT2D eigenvalue weighted by Crippen LogP contribution is 2.38. The molecule has 1 aromatic heterocycles. The molecule has 7 heteroatoms. The molecule has 2 aliphatic rings. The summed E-state index contributed by atoms with van der Waals surface area (Å²) in [6.45, 7) is 5.56. The molecule has 1 unspecified atom stereocenters. The number of carbonyl (C=O) groups is 2. The highest BCUT2D eigenvalue weighted by Gasteiger charge is 2.42. The maximum atomic E-state index is 12.0. The van der Waals surface area contributed by atoms with Crippen molar-refractivity contribution in [3.8, 4) is 0 Å². The van der Waals surface area contributed by atoms with Gasteiger partial charge in [0, 0.05) is 24.3 Å². The quantitative estimate of drug-likeness (QED) is 0.873. The molecular formula is C18H25N3O4. The van der Waals surface area contributed by atoms with Crippen LogP contribution in [0.4, 0.5) is 10.6 Å². The van der Waals surface area contributed by atoms with Crippen molar-refractivity contribution in [2.24, 2.45) is 0 Å². The van der Waals surface area contributed by atoms with Crippen LogP contribution in [0.3, 0.4) is 0 Å². The van der Waals surface area contributed by atoms with Crippen LogP contribution in [-0.2, 0) is 4.74 Å². The van der Waals surface area contributed by atoms with Gasteiger partial charge in [-0.05, 0) is 58.6 Å². The van der Waals surface area contributed by atoms with Crippen molar-refractivity contribution >= 4 is 17.9 Å². The summed E-state index contributed by atoms with van der Waals surface area (Å²) in [6, 6.07) is 4.08. The van der Waals surface area contributed by atoms with Gasteiger partial charge in [-0.25, -0.2) is 14.6 Å². The topological polar surface area (TPSA) is 91.8 Å². The van der Waals surface area contributed by atoms with E-state index >= 15 is 0 Å². The molecule has 2 N–H and O–H groups in total. The van der Waals surface area contributed by atoms with Crippen LogP contribution >= 0.6 is 0 Å². The number of carbonyl (C=O) groups excluding carboxylic acids is 1. The van der Waals surface area contributed by atoms with Crippen LogP contribution in [0, 0.1) is 0 Å². The number of pyridine rings is 1. The number of fused-ring (bicyclic) bond motifs is 2. The molecular weight excluding hydrogens is 322 g/mol. The number of nitrogens with one attached hydrogen (secondary N) is 1. The van der Waals surface area contributed by atoms with Gasteiger partial charge in [-0.1, -0.05) is 0 Å². The van der Waals surface area contributed by atoms with Gasteiger partial charge in [-0.3, -0.25) is 0 Å². The second kappa shape index (κ2) is 6.54. The molecule has 0 saturated carbocycles. The summed E-state index contributed by atoms with van der Waals surface area (Å²) in [4.78, 5) is 29.6. The Bertz CT molecular complexity index is 639. The maximum absolute atomic E-state index is 12.0. The molecule has 0 spiro atoms. The molecule has 136 valence electrons. The summed E-state index contributed by atoms with van der Waals surface area (Å²) >= 11 is 0. The molecule has 1 amide bonds. The monoisotopic (exact) mass is 347 g/mol. The third-order valence-electron chi connectivity index (χ3n) is 4.71. The minimum absolute atomic E-state index is 0.0990. The molecule has 3 atom stereocenters. The number of nitrogens with zero attached hydrogens (tertiary/aromatic N) is 2. The van der Waals surface area contributed by atoms with E-state index in [-0.39, 0.29) is 17.7 Å². The van der Waals surface area contributed by atoms with Crippen LogP contribution in [0.15, 0.2) is 18.3 Å². The Hall–Kier alpha value is -2.31. The number of rotatable bonds is 3. The van der Waals surface area contributed by atoms with Crippen LogP contribution in [0.25, 0.3) is 0 Å². The van der Waals surface area contributed by atoms with Crippen molar-refractivity contribution in [3.05, 3.63) is 23.9 Å². The van der Waals surface area contributed by atoms with E-state index in [4.69, 9.17) is 9.84 Å². The molecule has 3 rings (SSSR count). The average Bonchev–Trinajstić information content (AvgIpc) is 2.76. The first-order chi connectivity index (χ1) is 11.7. The minimum Gasteiger partial charge on any atom is -0.478 e. The number of hydrogen-bond donors (Lipinski definition) is 2. The molecule has 0 aromatic carbocycles. The molecule has 2 aliphatic heterocycles. The predicted octanol–water partition coefficient (Wildman–Crippen LogP) is 2.80. The van der Waals surface area contributed by atoms with Gasteiger partial charge in [0.05, 0.1) is 5.56 Å². The molecule has 1 aromatic rings. The van der Waals surface area contributed by atoms with E-state index < -0.39 is 11.6 Å². The van der Waals surface area contributed by atoms with E-state index in [1.165, 1.54) is 6.20 Å². The summed E-state index contributed by atoms with van der Waals surface area (Å²) < 4.78 is 5.35. The highest BCUT2D eigenvalue weighted by atomic mass is 16.6. The summed E-state index contributed by atoms with van der Waals surface area (Å²) in [7, 11) is 0. The Morgan fingerprint density at radius 2 is 1.88 bits per heavy atom. The number of anilines is 1. The molecule has 7 nitrogen and oxygen atoms in total. The fourth-order valence-corrected chi connectivity index (χ4v) is 3.81. The SMILES string of the molecule is CC(C)(C)OC(=O)NC1C[C@H]2CC[C@@H](C1)N2c1ccc(C(=O)O)cn1. The molecule has 2 saturated heterocycles. The zero-order valence-electron chi connectivity index (χ0n) is 14.9. The van der Waals surface area contributed by atoms with Crippen molar-refractivity contribution in [1.29, 1.82) is 0 Å². The second-order valence-electron chi connectivity index (χ2n) is 7.82. The van der Waals surface area contributed by atoms with Gasteiger partial charge >= 0.3 is 12.1 Å². The number of ether oxygens (including phenoxy) is 1. The zero-order valence-corrected chi connectivity index (χ0v) is 14.9. The number of amides is 1. The summed E-state index contributed by atoms with van der Waals surface area (Å²) in [5, 5.41) is 12.0. The Kier molecular flexibility index (Phi) is 4.58. The van der Waals surface area contributed by atoms with E-state index in [9.17, 15) is 9.59 Å². The number of piperidine rings is 1. The van der Waals surface area contributed by atoms with E-state index in [2.05, 4.69) is 15.2 Å². The number of carboxylic acid groups (broad SMARTS) is 1. The van der Waals surface area contributed by atoms with E-state index in [0.29, 0.717) is 12.1 Å². The van der Waals surface area contributed by atoms with Crippen LogP contribution in [0.5, 0.6) is 0 Å². The fraction of sp³-hybridized carbons (Fsp3) is 0.611. The third kappa shape index (κ3) is 4.03. The Labute approximate surface area is 147 Å². The van der Waals surface area contributed by atoms with Gasteiger partial charge in [0.1, 0.15) is 11.4 Å². The highest BCUT2D eigenvalue weighted by molar-refractivity contribution is 5.87. The fourth-order valence-electron chi connectivity index (χ4n) is 3.81. The number of aromatic carboxylic acids is 1. The minimum atomic E-state index is -0.970. The van der Waals surface area contributed by atoms with Gasteiger partial charge in [0.15, 0.2) is 0 Å². The first-order valence-electron chi connectivity index (χ1n) is 8.70. The molecule has 0 radical (unpaired) electrons. The third-order valence-corrected chi connectivity index (χ3v) is 4.71. The first kappa shape index (κ1) is 17.5. The second-order valence-corrected chi connectivity index (χ2v) is 7.82. The van der Waals surface area contributed by atoms with Gasteiger partial charge < -0.3 is 20.1 Å². The van der Waals surface area contributed by atoms with Gasteiger partial charge in [-0.2, -0.15) is 0 Å². The lowest BCUT2D eigenvalue weighted by molar-refractivity contribution is 0.0492. The van der Waals surface area contributed by atoms with E-state index in [0.717, 1.165) is 31.5 Å². The Morgan fingerprint density at radius 1 is 1.24 bits per heavy atom. The number of carboxylic acids is 1. The number of aromatic nitrogens is 1. The molecule has 2 fully saturated rings. The van der Waals surface area contributed by atoms with Crippen LogP contribution in [0.2, 0.25) is 0 Å². The van der Waals surface area contributed by atoms with Crippen LogP contribution < -0.4 is 10.2 Å². The van der Waals surface area contributed by atoms with Crippen LogP contribution in [-0.4, -0.2) is 45.9 Å². The van der Waals surface area contributed by atoms with E-state index in [1.54, 1.807) is 12.1 Å². The summed E-state index contributed by atoms with van der Waals surface area (Å²) in [5.74, 6) is -0.157. The smallest absolute Gasteiger partial charge is 0.407 e. The Morgan fingerprint density at radius 3 is 2.36 bits per heavy atom. The van der Waals surface area contributed by atoms with Crippen molar-refractivity contribution in [2.45, 2.75) is 70.2 Å². The van der Waals surface area contributed by atoms with Crippen molar-refractivity contribution in [2.75, 3.05) is 4.90 Å². The summed E-state index contributed by atoms with van der Waals surface area (Å²) in [5.41, 5.74) is -0.308. The molecule has 2 bridgehead atoms.